The van der Waals surface area contributed by atoms with E-state index in [0.29, 0.717) is 5.71 Å². The largest absolute Gasteiger partial charge is 0.368 e. The van der Waals surface area contributed by atoms with E-state index in [-0.39, 0.29) is 5.96 Å². The summed E-state index contributed by atoms with van der Waals surface area (Å²) in [6, 6.07) is 17.6. The molecule has 5 heteroatoms. The van der Waals surface area contributed by atoms with Gasteiger partial charge in [-0.1, -0.05) is 60.2 Å². The zero-order valence-corrected chi connectivity index (χ0v) is 11.7. The third-order valence-corrected chi connectivity index (χ3v) is 3.48. The van der Waals surface area contributed by atoms with Crippen LogP contribution >= 0.6 is 0 Å². The molecular formula is C16H17N5. The van der Waals surface area contributed by atoms with E-state index in [9.17, 15) is 0 Å². The highest BCUT2D eigenvalue weighted by Gasteiger charge is 2.37. The third kappa shape index (κ3) is 2.39. The van der Waals surface area contributed by atoms with Crippen molar-refractivity contribution in [1.82, 2.24) is 5.43 Å². The molecule has 0 radical (unpaired) electrons. The number of aliphatic imine (C=N–C) groups is 1. The highest BCUT2D eigenvalue weighted by Crippen LogP contribution is 2.27. The van der Waals surface area contributed by atoms with Gasteiger partial charge in [-0.3, -0.25) is 5.73 Å². The van der Waals surface area contributed by atoms with Gasteiger partial charge in [0.1, 0.15) is 5.71 Å². The van der Waals surface area contributed by atoms with Gasteiger partial charge in [0.25, 0.3) is 0 Å². The molecule has 21 heavy (non-hydrogen) atoms. The first-order valence-electron chi connectivity index (χ1n) is 6.70. The van der Waals surface area contributed by atoms with E-state index in [0.717, 1.165) is 16.7 Å². The lowest BCUT2D eigenvalue weighted by Gasteiger charge is -2.31. The van der Waals surface area contributed by atoms with Gasteiger partial charge >= 0.3 is 0 Å². The molecule has 2 aromatic rings. The molecule has 5 nitrogen and oxygen atoms in total. The fraction of sp³-hybridized carbons (Fsp3) is 0.125. The van der Waals surface area contributed by atoms with Gasteiger partial charge in [0.15, 0.2) is 5.66 Å². The van der Waals surface area contributed by atoms with E-state index >= 15 is 0 Å². The standard InChI is InChI=1S/C16H17N5/c1-11-7-9-13(10-8-11)16(18)14(20-21-15(17)19-16)12-5-3-2-4-6-12/h2-10H,18H2,1H3,(H3,17,19,21). The zero-order valence-electron chi connectivity index (χ0n) is 11.7. The Balaban J connectivity index is 2.13. The van der Waals surface area contributed by atoms with Gasteiger partial charge < -0.3 is 5.73 Å². The molecule has 0 fully saturated rings. The maximum absolute atomic E-state index is 6.56. The van der Waals surface area contributed by atoms with Crippen molar-refractivity contribution in [2.45, 2.75) is 12.6 Å². The van der Waals surface area contributed by atoms with Crippen molar-refractivity contribution < 1.29 is 0 Å². The van der Waals surface area contributed by atoms with Crippen LogP contribution in [0.1, 0.15) is 16.7 Å². The Hall–Kier alpha value is -2.66. The molecule has 0 aromatic heterocycles. The maximum atomic E-state index is 6.56. The monoisotopic (exact) mass is 279 g/mol. The van der Waals surface area contributed by atoms with E-state index in [2.05, 4.69) is 15.5 Å². The fourth-order valence-electron chi connectivity index (χ4n) is 2.36. The Morgan fingerprint density at radius 1 is 1.00 bits per heavy atom. The molecule has 1 atom stereocenters. The summed E-state index contributed by atoms with van der Waals surface area (Å²) in [5.74, 6) is 0.206. The highest BCUT2D eigenvalue weighted by molar-refractivity contribution is 6.10. The van der Waals surface area contributed by atoms with E-state index in [1.54, 1.807) is 0 Å². The Morgan fingerprint density at radius 3 is 2.33 bits per heavy atom. The van der Waals surface area contributed by atoms with Crippen LogP contribution in [0.15, 0.2) is 64.7 Å². The first kappa shape index (κ1) is 13.3. The van der Waals surface area contributed by atoms with Gasteiger partial charge in [-0.05, 0) is 6.92 Å². The van der Waals surface area contributed by atoms with Gasteiger partial charge in [0, 0.05) is 11.1 Å². The lowest BCUT2D eigenvalue weighted by Crippen LogP contribution is -2.51. The minimum absolute atomic E-state index is 0.206. The molecule has 106 valence electrons. The van der Waals surface area contributed by atoms with Gasteiger partial charge in [-0.15, -0.1) is 0 Å². The van der Waals surface area contributed by atoms with Crippen LogP contribution in [0.25, 0.3) is 0 Å². The number of guanidine groups is 1. The van der Waals surface area contributed by atoms with Crippen molar-refractivity contribution in [3.8, 4) is 0 Å². The second-order valence-corrected chi connectivity index (χ2v) is 5.07. The summed E-state index contributed by atoms with van der Waals surface area (Å²) in [6.45, 7) is 2.03. The summed E-state index contributed by atoms with van der Waals surface area (Å²) in [5, 5.41) is 4.32. The predicted octanol–water partition coefficient (Wildman–Crippen LogP) is 1.43. The van der Waals surface area contributed by atoms with Crippen molar-refractivity contribution >= 4 is 11.7 Å². The normalized spacial score (nSPS) is 21.2. The minimum Gasteiger partial charge on any atom is -0.368 e. The number of nitrogens with one attached hydrogen (secondary N) is 1. The molecule has 0 saturated heterocycles. The van der Waals surface area contributed by atoms with Crippen molar-refractivity contribution in [3.05, 3.63) is 71.3 Å². The smallest absolute Gasteiger partial charge is 0.212 e. The average molecular weight is 279 g/mol. The zero-order chi connectivity index (χ0) is 14.9. The van der Waals surface area contributed by atoms with Crippen molar-refractivity contribution in [3.63, 3.8) is 0 Å². The van der Waals surface area contributed by atoms with Crippen LogP contribution in [0, 0.1) is 6.92 Å². The predicted molar refractivity (Wildman–Crippen MR) is 84.8 cm³/mol. The Kier molecular flexibility index (Phi) is 3.19. The third-order valence-electron chi connectivity index (χ3n) is 3.48. The molecule has 2 aromatic carbocycles. The summed E-state index contributed by atoms with van der Waals surface area (Å²) >= 11 is 0. The van der Waals surface area contributed by atoms with Crippen LogP contribution in [-0.4, -0.2) is 11.7 Å². The van der Waals surface area contributed by atoms with Crippen LogP contribution in [0.5, 0.6) is 0 Å². The minimum atomic E-state index is -1.09. The number of rotatable bonds is 2. The Morgan fingerprint density at radius 2 is 1.67 bits per heavy atom. The average Bonchev–Trinajstić information content (AvgIpc) is 2.48. The van der Waals surface area contributed by atoms with Crippen molar-refractivity contribution in [1.29, 1.82) is 0 Å². The second kappa shape index (κ2) is 5.03. The summed E-state index contributed by atoms with van der Waals surface area (Å²) in [4.78, 5) is 4.40. The molecule has 5 N–H and O–H groups in total. The van der Waals surface area contributed by atoms with E-state index in [4.69, 9.17) is 11.5 Å². The van der Waals surface area contributed by atoms with Crippen LogP contribution in [-0.2, 0) is 5.66 Å². The van der Waals surface area contributed by atoms with Crippen LogP contribution < -0.4 is 16.9 Å². The molecule has 0 aliphatic carbocycles. The lowest BCUT2D eigenvalue weighted by molar-refractivity contribution is 0.613. The van der Waals surface area contributed by atoms with Gasteiger partial charge in [-0.2, -0.15) is 5.10 Å². The number of aryl methyl sites for hydroxylation is 1. The summed E-state index contributed by atoms with van der Waals surface area (Å²) in [6.07, 6.45) is 0. The Labute approximate surface area is 123 Å². The van der Waals surface area contributed by atoms with E-state index < -0.39 is 5.66 Å². The van der Waals surface area contributed by atoms with Crippen molar-refractivity contribution in [2.75, 3.05) is 0 Å². The topological polar surface area (TPSA) is 88.8 Å². The lowest BCUT2D eigenvalue weighted by atomic mass is 9.90. The summed E-state index contributed by atoms with van der Waals surface area (Å²) in [5.41, 5.74) is 17.5. The molecule has 1 unspecified atom stereocenters. The maximum Gasteiger partial charge on any atom is 0.212 e. The fourth-order valence-corrected chi connectivity index (χ4v) is 2.36. The van der Waals surface area contributed by atoms with E-state index in [1.807, 2.05) is 61.5 Å². The summed E-state index contributed by atoms with van der Waals surface area (Å²) < 4.78 is 0. The number of nitrogens with zero attached hydrogens (tertiary/aromatic N) is 2. The van der Waals surface area contributed by atoms with Crippen molar-refractivity contribution in [2.24, 2.45) is 21.6 Å². The molecule has 1 aliphatic heterocycles. The number of hydrogen-bond acceptors (Lipinski definition) is 5. The number of hydrazone groups is 1. The highest BCUT2D eigenvalue weighted by atomic mass is 15.4. The van der Waals surface area contributed by atoms with Crippen LogP contribution in [0.3, 0.4) is 0 Å². The number of hydrogen-bond donors (Lipinski definition) is 3. The number of benzene rings is 2. The Bertz CT molecular complexity index is 703. The molecule has 0 spiro atoms. The molecular weight excluding hydrogens is 262 g/mol. The SMILES string of the molecule is Cc1ccc(C2(N)N=C(N)NN=C2c2ccccc2)cc1. The first-order valence-corrected chi connectivity index (χ1v) is 6.70. The van der Waals surface area contributed by atoms with Crippen LogP contribution in [0.4, 0.5) is 0 Å². The number of nitrogens with two attached hydrogens (primary N) is 2. The summed E-state index contributed by atoms with van der Waals surface area (Å²) in [7, 11) is 0. The molecule has 3 rings (SSSR count). The molecule has 0 saturated carbocycles. The molecule has 0 bridgehead atoms. The van der Waals surface area contributed by atoms with Gasteiger partial charge in [0.2, 0.25) is 5.96 Å². The van der Waals surface area contributed by atoms with E-state index in [1.165, 1.54) is 0 Å². The first-order chi connectivity index (χ1) is 10.1. The molecule has 1 aliphatic rings. The second-order valence-electron chi connectivity index (χ2n) is 5.07. The van der Waals surface area contributed by atoms with Gasteiger partial charge in [-0.25, -0.2) is 10.4 Å². The molecule has 0 amide bonds. The quantitative estimate of drug-likeness (QED) is 0.777. The van der Waals surface area contributed by atoms with Gasteiger partial charge in [0.05, 0.1) is 0 Å². The molecule has 1 heterocycles. The van der Waals surface area contributed by atoms with Crippen LogP contribution in [0.2, 0.25) is 0 Å².